The first-order chi connectivity index (χ1) is 12.9. The average molecular weight is 376 g/mol. The van der Waals surface area contributed by atoms with Crippen LogP contribution >= 0.6 is 0 Å². The number of nitrogen functional groups attached to an aromatic ring is 1. The Hall–Kier alpha value is -3.23. The van der Waals surface area contributed by atoms with Crippen molar-refractivity contribution in [2.75, 3.05) is 32.4 Å². The molecule has 0 saturated heterocycles. The molecule has 0 saturated carbocycles. The minimum Gasteiger partial charge on any atom is -0.492 e. The summed E-state index contributed by atoms with van der Waals surface area (Å²) in [7, 11) is 4.55. The van der Waals surface area contributed by atoms with Gasteiger partial charge in [-0.25, -0.2) is 14.8 Å². The number of benzene rings is 1. The number of nitrogens with two attached hydrogens (primary N) is 1. The summed E-state index contributed by atoms with van der Waals surface area (Å²) in [5.74, 6) is 1.45. The molecule has 2 aromatic rings. The fourth-order valence-corrected chi connectivity index (χ4v) is 2.53. The third kappa shape index (κ3) is 4.90. The molecule has 0 unspecified atom stereocenters. The number of rotatable bonds is 7. The summed E-state index contributed by atoms with van der Waals surface area (Å²) in [4.78, 5) is 20.1. The van der Waals surface area contributed by atoms with Crippen LogP contribution in [0.1, 0.15) is 25.1 Å². The largest absolute Gasteiger partial charge is 0.492 e. The molecule has 0 atom stereocenters. The van der Waals surface area contributed by atoms with Gasteiger partial charge in [0.05, 0.1) is 38.8 Å². The quantitative estimate of drug-likeness (QED) is 0.708. The first-order valence-electron chi connectivity index (χ1n) is 8.26. The van der Waals surface area contributed by atoms with Crippen molar-refractivity contribution in [3.8, 4) is 17.2 Å². The highest BCUT2D eigenvalue weighted by molar-refractivity contribution is 5.82. The van der Waals surface area contributed by atoms with Crippen molar-refractivity contribution in [1.82, 2.24) is 9.97 Å². The number of hydrogen-bond acceptors (Lipinski definition) is 8. The molecule has 9 nitrogen and oxygen atoms in total. The lowest BCUT2D eigenvalue weighted by Crippen LogP contribution is -2.19. The summed E-state index contributed by atoms with van der Waals surface area (Å²) in [5.41, 5.74) is 7.88. The van der Waals surface area contributed by atoms with Crippen molar-refractivity contribution in [2.24, 2.45) is 0 Å². The number of hydrogen-bond donors (Lipinski definition) is 2. The highest BCUT2D eigenvalue weighted by atomic mass is 16.6. The van der Waals surface area contributed by atoms with Crippen LogP contribution in [0.25, 0.3) is 0 Å². The van der Waals surface area contributed by atoms with Gasteiger partial charge in [-0.15, -0.1) is 0 Å². The molecule has 1 amide bonds. The number of methoxy groups -OCH3 is 3. The van der Waals surface area contributed by atoms with E-state index in [1.807, 2.05) is 0 Å². The second-order valence-electron chi connectivity index (χ2n) is 5.85. The topological polar surface area (TPSA) is 118 Å². The fourth-order valence-electron chi connectivity index (χ4n) is 2.53. The lowest BCUT2D eigenvalue weighted by atomic mass is 10.1. The van der Waals surface area contributed by atoms with E-state index in [1.54, 1.807) is 32.2 Å². The zero-order valence-electron chi connectivity index (χ0n) is 16.0. The molecule has 0 bridgehead atoms. The number of anilines is 2. The van der Waals surface area contributed by atoms with Gasteiger partial charge in [0.25, 0.3) is 0 Å². The molecular weight excluding hydrogens is 352 g/mol. The molecule has 2 rings (SSSR count). The molecule has 3 N–H and O–H groups in total. The van der Waals surface area contributed by atoms with Gasteiger partial charge in [0, 0.05) is 18.2 Å². The van der Waals surface area contributed by atoms with Crippen LogP contribution in [0.2, 0.25) is 0 Å². The summed E-state index contributed by atoms with van der Waals surface area (Å²) >= 11 is 0. The van der Waals surface area contributed by atoms with Crippen molar-refractivity contribution in [3.63, 3.8) is 0 Å². The lowest BCUT2D eigenvalue weighted by molar-refractivity contribution is 0.129. The van der Waals surface area contributed by atoms with E-state index in [2.05, 4.69) is 15.3 Å². The van der Waals surface area contributed by atoms with Crippen LogP contribution in [-0.4, -0.2) is 43.5 Å². The Morgan fingerprint density at radius 3 is 2.41 bits per heavy atom. The second-order valence-corrected chi connectivity index (χ2v) is 5.85. The molecule has 0 fully saturated rings. The van der Waals surface area contributed by atoms with Gasteiger partial charge < -0.3 is 24.7 Å². The minimum absolute atomic E-state index is 0.144. The van der Waals surface area contributed by atoms with Crippen LogP contribution in [0.15, 0.2) is 18.3 Å². The van der Waals surface area contributed by atoms with E-state index in [1.165, 1.54) is 21.3 Å². The van der Waals surface area contributed by atoms with Gasteiger partial charge in [0.2, 0.25) is 11.7 Å². The van der Waals surface area contributed by atoms with Crippen molar-refractivity contribution < 1.29 is 23.7 Å². The van der Waals surface area contributed by atoms with E-state index in [-0.39, 0.29) is 12.1 Å². The van der Waals surface area contributed by atoms with E-state index in [0.717, 1.165) is 5.56 Å². The molecule has 1 aromatic heterocycles. The molecule has 0 aliphatic carbocycles. The molecule has 1 heterocycles. The summed E-state index contributed by atoms with van der Waals surface area (Å²) in [5, 5.41) is 2.50. The van der Waals surface area contributed by atoms with E-state index in [0.29, 0.717) is 35.1 Å². The molecular formula is C18H24N4O5. The highest BCUT2D eigenvalue weighted by Gasteiger charge is 2.20. The van der Waals surface area contributed by atoms with Crippen molar-refractivity contribution in [2.45, 2.75) is 26.4 Å². The SMILES string of the molecule is COc1c(N)cc(Cc2ccnc(NC(=O)OC(C)C)n2)c(OC)c1OC. The van der Waals surface area contributed by atoms with Gasteiger partial charge in [-0.1, -0.05) is 0 Å². The fraction of sp³-hybridized carbons (Fsp3) is 0.389. The standard InChI is InChI=1S/C18H24N4O5/c1-10(2)27-18(23)22-17-20-7-6-12(21-17)8-11-9-13(19)15(25-4)16(26-5)14(11)24-3/h6-7,9-10H,8,19H2,1-5H3,(H,20,21,22,23). The van der Waals surface area contributed by atoms with Crippen molar-refractivity contribution in [1.29, 1.82) is 0 Å². The maximum Gasteiger partial charge on any atom is 0.414 e. The Labute approximate surface area is 157 Å². The monoisotopic (exact) mass is 376 g/mol. The van der Waals surface area contributed by atoms with Gasteiger partial charge in [0.1, 0.15) is 0 Å². The smallest absolute Gasteiger partial charge is 0.414 e. The number of carbonyl (C=O) groups is 1. The zero-order valence-corrected chi connectivity index (χ0v) is 16.0. The summed E-state index contributed by atoms with van der Waals surface area (Å²) in [6, 6.07) is 3.47. The Balaban J connectivity index is 2.30. The maximum atomic E-state index is 11.7. The number of aromatic nitrogens is 2. The molecule has 9 heteroatoms. The molecule has 27 heavy (non-hydrogen) atoms. The zero-order chi connectivity index (χ0) is 20.0. The van der Waals surface area contributed by atoms with Gasteiger partial charge in [-0.3, -0.25) is 5.32 Å². The van der Waals surface area contributed by atoms with Crippen LogP contribution in [-0.2, 0) is 11.2 Å². The third-order valence-corrected chi connectivity index (χ3v) is 3.55. The predicted molar refractivity (Wildman–Crippen MR) is 101 cm³/mol. The minimum atomic E-state index is -0.616. The number of nitrogens with one attached hydrogen (secondary N) is 1. The van der Waals surface area contributed by atoms with E-state index in [4.69, 9.17) is 24.7 Å². The van der Waals surface area contributed by atoms with Crippen LogP contribution in [0.4, 0.5) is 16.4 Å². The number of ether oxygens (including phenoxy) is 4. The highest BCUT2D eigenvalue weighted by Crippen LogP contribution is 2.44. The van der Waals surface area contributed by atoms with Gasteiger partial charge >= 0.3 is 6.09 Å². The Kier molecular flexibility index (Phi) is 6.64. The Morgan fingerprint density at radius 1 is 1.15 bits per heavy atom. The van der Waals surface area contributed by atoms with Gasteiger partial charge in [0.15, 0.2) is 11.5 Å². The third-order valence-electron chi connectivity index (χ3n) is 3.55. The van der Waals surface area contributed by atoms with E-state index in [9.17, 15) is 4.79 Å². The molecule has 1 aromatic carbocycles. The van der Waals surface area contributed by atoms with Crippen LogP contribution in [0.5, 0.6) is 17.2 Å². The number of carbonyl (C=O) groups excluding carboxylic acids is 1. The first kappa shape index (κ1) is 20.1. The summed E-state index contributed by atoms with van der Waals surface area (Å²) in [6.45, 7) is 3.51. The second kappa shape index (κ2) is 8.93. The van der Waals surface area contributed by atoms with Crippen LogP contribution < -0.4 is 25.3 Å². The molecule has 0 radical (unpaired) electrons. The van der Waals surface area contributed by atoms with Gasteiger partial charge in [-0.2, -0.15) is 0 Å². The predicted octanol–water partition coefficient (Wildman–Crippen LogP) is 2.63. The van der Waals surface area contributed by atoms with E-state index >= 15 is 0 Å². The lowest BCUT2D eigenvalue weighted by Gasteiger charge is -2.17. The van der Waals surface area contributed by atoms with Crippen LogP contribution in [0.3, 0.4) is 0 Å². The molecule has 0 aliphatic rings. The van der Waals surface area contributed by atoms with Crippen molar-refractivity contribution in [3.05, 3.63) is 29.6 Å². The molecule has 0 spiro atoms. The summed E-state index contributed by atoms with van der Waals surface area (Å²) < 4.78 is 21.2. The first-order valence-corrected chi connectivity index (χ1v) is 8.26. The molecule has 146 valence electrons. The Bertz CT molecular complexity index is 811. The maximum absolute atomic E-state index is 11.7. The number of amides is 1. The normalized spacial score (nSPS) is 10.4. The average Bonchev–Trinajstić information content (AvgIpc) is 2.60. The van der Waals surface area contributed by atoms with E-state index < -0.39 is 6.09 Å². The van der Waals surface area contributed by atoms with Crippen LogP contribution in [0, 0.1) is 0 Å². The number of nitrogens with zero attached hydrogens (tertiary/aromatic N) is 2. The van der Waals surface area contributed by atoms with Gasteiger partial charge in [-0.05, 0) is 26.0 Å². The Morgan fingerprint density at radius 2 is 1.81 bits per heavy atom. The molecule has 0 aliphatic heterocycles. The summed E-state index contributed by atoms with van der Waals surface area (Å²) in [6.07, 6.45) is 1.07. The van der Waals surface area contributed by atoms with Crippen molar-refractivity contribution >= 4 is 17.7 Å².